The van der Waals surface area contributed by atoms with Gasteiger partial charge in [0, 0.05) is 27.7 Å². The number of methoxy groups -OCH3 is 1. The van der Waals surface area contributed by atoms with Crippen molar-refractivity contribution >= 4 is 19.4 Å². The van der Waals surface area contributed by atoms with E-state index in [1.807, 2.05) is 39.8 Å². The summed E-state index contributed by atoms with van der Waals surface area (Å²) >= 11 is 0. The lowest BCUT2D eigenvalue weighted by atomic mass is 10.0. The van der Waals surface area contributed by atoms with Gasteiger partial charge in [-0.2, -0.15) is 0 Å². The molecule has 2 amide bonds. The fraction of sp³-hybridized carbons (Fsp3) is 0.652. The highest BCUT2D eigenvalue weighted by atomic mass is 31.2. The van der Waals surface area contributed by atoms with Crippen molar-refractivity contribution in [3.05, 3.63) is 29.8 Å². The fourth-order valence-electron chi connectivity index (χ4n) is 3.53. The van der Waals surface area contributed by atoms with Crippen LogP contribution in [-0.2, 0) is 29.6 Å². The first-order valence-corrected chi connectivity index (χ1v) is 12.7. The Bertz CT molecular complexity index is 792. The van der Waals surface area contributed by atoms with E-state index in [9.17, 15) is 14.2 Å². The van der Waals surface area contributed by atoms with Gasteiger partial charge in [0.1, 0.15) is 17.6 Å². The summed E-state index contributed by atoms with van der Waals surface area (Å²) in [5.41, 5.74) is 0.876. The first-order chi connectivity index (χ1) is 15.5. The van der Waals surface area contributed by atoms with Crippen molar-refractivity contribution in [3.8, 4) is 5.75 Å². The molecule has 0 radical (unpaired) electrons. The highest BCUT2D eigenvalue weighted by Crippen LogP contribution is 2.53. The van der Waals surface area contributed by atoms with Gasteiger partial charge in [0.15, 0.2) is 0 Å². The van der Waals surface area contributed by atoms with E-state index >= 15 is 0 Å². The summed E-state index contributed by atoms with van der Waals surface area (Å²) in [6.07, 6.45) is 0.789. The molecule has 0 saturated heterocycles. The van der Waals surface area contributed by atoms with E-state index in [1.165, 1.54) is 21.3 Å². The van der Waals surface area contributed by atoms with E-state index in [4.69, 9.17) is 13.8 Å². The molecule has 3 N–H and O–H groups in total. The summed E-state index contributed by atoms with van der Waals surface area (Å²) in [7, 11) is 2.28. The molecule has 0 heterocycles. The largest absolute Gasteiger partial charge is 0.497 e. The average molecular weight is 486 g/mol. The van der Waals surface area contributed by atoms with Crippen LogP contribution >= 0.6 is 7.60 Å². The van der Waals surface area contributed by atoms with Crippen LogP contribution < -0.4 is 20.7 Å². The Labute approximate surface area is 197 Å². The van der Waals surface area contributed by atoms with Crippen LogP contribution in [0, 0.1) is 11.8 Å². The lowest BCUT2D eigenvalue weighted by molar-refractivity contribution is -0.130. The van der Waals surface area contributed by atoms with E-state index in [2.05, 4.69) is 16.0 Å². The van der Waals surface area contributed by atoms with Gasteiger partial charge < -0.3 is 24.4 Å². The van der Waals surface area contributed by atoms with E-state index in [0.29, 0.717) is 18.6 Å². The number of carbonyl (C=O) groups excluding carboxylic acids is 2. The number of carbonyl (C=O) groups is 2. The Balaban J connectivity index is 3.12. The Morgan fingerprint density at radius 2 is 1.52 bits per heavy atom. The maximum atomic E-state index is 13.3. The number of rotatable bonds is 14. The average Bonchev–Trinajstić information content (AvgIpc) is 2.80. The SMILES string of the molecule is CNC(=O)[C@H](Cc1ccc(OC)cc1)NC(=O)C(CC(C)C)NC(C(C)C)P(=O)(OC)OC. The van der Waals surface area contributed by atoms with Gasteiger partial charge in [-0.3, -0.25) is 19.5 Å². The topological polar surface area (TPSA) is 115 Å². The fourth-order valence-corrected chi connectivity index (χ4v) is 5.23. The molecule has 10 heteroatoms. The summed E-state index contributed by atoms with van der Waals surface area (Å²) < 4.78 is 28.7. The highest BCUT2D eigenvalue weighted by Gasteiger charge is 2.39. The van der Waals surface area contributed by atoms with E-state index in [0.717, 1.165) is 5.56 Å². The van der Waals surface area contributed by atoms with Crippen molar-refractivity contribution < 1.29 is 27.9 Å². The third-order valence-corrected chi connectivity index (χ3v) is 7.80. The van der Waals surface area contributed by atoms with Crippen molar-refractivity contribution in [1.82, 2.24) is 16.0 Å². The van der Waals surface area contributed by atoms with Crippen LogP contribution in [0.25, 0.3) is 0 Å². The first-order valence-electron chi connectivity index (χ1n) is 11.1. The Kier molecular flexibility index (Phi) is 12.1. The van der Waals surface area contributed by atoms with Gasteiger partial charge in [-0.05, 0) is 36.0 Å². The predicted molar refractivity (Wildman–Crippen MR) is 129 cm³/mol. The van der Waals surface area contributed by atoms with Crippen LogP contribution in [0.4, 0.5) is 0 Å². The summed E-state index contributed by atoms with van der Waals surface area (Å²) in [6.45, 7) is 7.74. The second-order valence-corrected chi connectivity index (χ2v) is 11.0. The second-order valence-electron chi connectivity index (χ2n) is 8.67. The van der Waals surface area contributed by atoms with E-state index < -0.39 is 25.5 Å². The maximum Gasteiger partial charge on any atom is 0.347 e. The predicted octanol–water partition coefficient (Wildman–Crippen LogP) is 2.94. The Morgan fingerprint density at radius 3 is 1.94 bits per heavy atom. The van der Waals surface area contributed by atoms with Gasteiger partial charge in [0.05, 0.1) is 13.2 Å². The van der Waals surface area contributed by atoms with Crippen molar-refractivity contribution in [2.45, 2.75) is 58.4 Å². The van der Waals surface area contributed by atoms with Gasteiger partial charge in [-0.25, -0.2) is 0 Å². The molecule has 1 rings (SSSR count). The third-order valence-electron chi connectivity index (χ3n) is 5.35. The minimum absolute atomic E-state index is 0.132. The smallest absolute Gasteiger partial charge is 0.347 e. The van der Waals surface area contributed by atoms with Crippen LogP contribution in [-0.4, -0.2) is 58.1 Å². The van der Waals surface area contributed by atoms with Gasteiger partial charge in [0.25, 0.3) is 0 Å². The Morgan fingerprint density at radius 1 is 0.939 bits per heavy atom. The molecule has 0 aromatic heterocycles. The van der Waals surface area contributed by atoms with Crippen LogP contribution in [0.3, 0.4) is 0 Å². The molecular formula is C23H40N3O6P. The number of ether oxygens (including phenoxy) is 1. The van der Waals surface area contributed by atoms with Gasteiger partial charge in [0.2, 0.25) is 11.8 Å². The molecule has 9 nitrogen and oxygen atoms in total. The summed E-state index contributed by atoms with van der Waals surface area (Å²) in [6, 6.07) is 5.85. The summed E-state index contributed by atoms with van der Waals surface area (Å²) in [5, 5.41) is 8.67. The van der Waals surface area contributed by atoms with Crippen molar-refractivity contribution in [1.29, 1.82) is 0 Å². The lowest BCUT2D eigenvalue weighted by Crippen LogP contribution is -2.55. The molecule has 0 saturated carbocycles. The number of nitrogens with one attached hydrogen (secondary N) is 3. The molecule has 2 unspecified atom stereocenters. The summed E-state index contributed by atoms with van der Waals surface area (Å²) in [4.78, 5) is 25.9. The standard InChI is InChI=1S/C23H40N3O6P/c1-15(2)13-19(26-23(16(3)4)33(29,31-7)32-8)22(28)25-20(21(27)24-5)14-17-9-11-18(30-6)12-10-17/h9-12,15-16,19-20,23,26H,13-14H2,1-8H3,(H,24,27)(H,25,28)/t19?,20-,23?/m0/s1. The molecule has 0 aliphatic heterocycles. The lowest BCUT2D eigenvalue weighted by Gasteiger charge is -2.32. The van der Waals surface area contributed by atoms with Crippen LogP contribution in [0.1, 0.15) is 39.7 Å². The first kappa shape index (κ1) is 29.1. The van der Waals surface area contributed by atoms with Crippen molar-refractivity contribution in [2.75, 3.05) is 28.4 Å². The van der Waals surface area contributed by atoms with Crippen molar-refractivity contribution in [3.63, 3.8) is 0 Å². The monoisotopic (exact) mass is 485 g/mol. The third kappa shape index (κ3) is 8.74. The molecule has 33 heavy (non-hydrogen) atoms. The molecule has 0 aliphatic carbocycles. The number of amides is 2. The maximum absolute atomic E-state index is 13.3. The van der Waals surface area contributed by atoms with E-state index in [1.54, 1.807) is 19.2 Å². The number of likely N-dealkylation sites (N-methyl/N-ethyl adjacent to an activating group) is 1. The van der Waals surface area contributed by atoms with Crippen LogP contribution in [0.2, 0.25) is 0 Å². The quantitative estimate of drug-likeness (QED) is 0.347. The number of hydrogen-bond acceptors (Lipinski definition) is 7. The molecule has 1 aromatic carbocycles. The minimum Gasteiger partial charge on any atom is -0.497 e. The highest BCUT2D eigenvalue weighted by molar-refractivity contribution is 7.54. The van der Waals surface area contributed by atoms with Crippen LogP contribution in [0.15, 0.2) is 24.3 Å². The number of hydrogen-bond donors (Lipinski definition) is 3. The minimum atomic E-state index is -3.49. The van der Waals surface area contributed by atoms with E-state index in [-0.39, 0.29) is 23.7 Å². The molecule has 3 atom stereocenters. The van der Waals surface area contributed by atoms with Crippen molar-refractivity contribution in [2.24, 2.45) is 11.8 Å². The van der Waals surface area contributed by atoms with Gasteiger partial charge in [-0.15, -0.1) is 0 Å². The zero-order chi connectivity index (χ0) is 25.2. The zero-order valence-electron chi connectivity index (χ0n) is 21.0. The molecule has 188 valence electrons. The molecule has 0 spiro atoms. The molecular weight excluding hydrogens is 445 g/mol. The molecule has 1 aromatic rings. The molecule has 0 fully saturated rings. The summed E-state index contributed by atoms with van der Waals surface area (Å²) in [5.74, 6) is -0.599. The second kappa shape index (κ2) is 13.7. The van der Waals surface area contributed by atoms with Gasteiger partial charge in [-0.1, -0.05) is 39.8 Å². The van der Waals surface area contributed by atoms with Gasteiger partial charge >= 0.3 is 7.60 Å². The zero-order valence-corrected chi connectivity index (χ0v) is 21.9. The normalized spacial score (nSPS) is 14.6. The molecule has 0 aliphatic rings. The Hall–Kier alpha value is -1.93. The molecule has 0 bridgehead atoms. The van der Waals surface area contributed by atoms with Crippen LogP contribution in [0.5, 0.6) is 5.75 Å². The number of benzene rings is 1.